The molecule has 1 aromatic heterocycles. The van der Waals surface area contributed by atoms with Crippen LogP contribution in [0.2, 0.25) is 0 Å². The fourth-order valence-corrected chi connectivity index (χ4v) is 1.56. The molecular formula is C11H9N5O4. The third-order valence-electron chi connectivity index (χ3n) is 2.48. The van der Waals surface area contributed by atoms with Crippen molar-refractivity contribution in [2.45, 2.75) is 0 Å². The van der Waals surface area contributed by atoms with Crippen molar-refractivity contribution in [3.05, 3.63) is 56.8 Å². The summed E-state index contributed by atoms with van der Waals surface area (Å²) in [6, 6.07) is 6.72. The molecule has 20 heavy (non-hydrogen) atoms. The highest BCUT2D eigenvalue weighted by Gasteiger charge is 2.19. The third kappa shape index (κ3) is 2.61. The Hall–Kier alpha value is -3.23. The predicted molar refractivity (Wildman–Crippen MR) is 71.7 cm³/mol. The Morgan fingerprint density at radius 1 is 1.05 bits per heavy atom. The molecule has 1 aromatic carbocycles. The second-order valence-corrected chi connectivity index (χ2v) is 3.78. The molecule has 102 valence electrons. The first-order valence-electron chi connectivity index (χ1n) is 5.39. The molecule has 0 amide bonds. The number of non-ortho nitro benzene ring substituents is 1. The van der Waals surface area contributed by atoms with Crippen molar-refractivity contribution in [3.63, 3.8) is 0 Å². The number of rotatable bonds is 4. The van der Waals surface area contributed by atoms with Gasteiger partial charge in [-0.1, -0.05) is 0 Å². The minimum Gasteiger partial charge on any atom is -0.393 e. The molecule has 1 heterocycles. The first-order valence-corrected chi connectivity index (χ1v) is 5.39. The van der Waals surface area contributed by atoms with E-state index in [1.54, 1.807) is 0 Å². The van der Waals surface area contributed by atoms with E-state index in [2.05, 4.69) is 10.3 Å². The van der Waals surface area contributed by atoms with Crippen LogP contribution in [0.5, 0.6) is 0 Å². The van der Waals surface area contributed by atoms with E-state index in [-0.39, 0.29) is 22.9 Å². The lowest BCUT2D eigenvalue weighted by molar-refractivity contribution is -0.384. The number of nitrogens with one attached hydrogen (secondary N) is 1. The van der Waals surface area contributed by atoms with Crippen LogP contribution in [0.1, 0.15) is 0 Å². The standard InChI is InChI=1S/C11H9N5O4/c12-9-5-6-13-11(10(9)16(19)20)14-7-1-3-8(4-2-7)15(17)18/h1-6H,(H3,12,13,14). The van der Waals surface area contributed by atoms with E-state index in [0.717, 1.165) is 0 Å². The number of pyridine rings is 1. The van der Waals surface area contributed by atoms with Gasteiger partial charge in [-0.15, -0.1) is 0 Å². The number of hydrogen-bond acceptors (Lipinski definition) is 7. The van der Waals surface area contributed by atoms with Crippen molar-refractivity contribution in [2.75, 3.05) is 11.1 Å². The average molecular weight is 275 g/mol. The van der Waals surface area contributed by atoms with Crippen LogP contribution in [-0.2, 0) is 0 Å². The van der Waals surface area contributed by atoms with E-state index in [9.17, 15) is 20.2 Å². The summed E-state index contributed by atoms with van der Waals surface area (Å²) in [5, 5.41) is 24.2. The highest BCUT2D eigenvalue weighted by Crippen LogP contribution is 2.30. The summed E-state index contributed by atoms with van der Waals surface area (Å²) in [5.74, 6) is -0.0242. The van der Waals surface area contributed by atoms with Gasteiger partial charge in [0.15, 0.2) is 0 Å². The first-order chi connectivity index (χ1) is 9.49. The minimum absolute atomic E-state index is 0.0191. The van der Waals surface area contributed by atoms with E-state index in [1.807, 2.05) is 0 Å². The molecule has 0 fully saturated rings. The van der Waals surface area contributed by atoms with Gasteiger partial charge in [-0.25, -0.2) is 4.98 Å². The number of nitrogens with two attached hydrogens (primary N) is 1. The van der Waals surface area contributed by atoms with E-state index < -0.39 is 9.85 Å². The second kappa shape index (κ2) is 5.18. The average Bonchev–Trinajstić information content (AvgIpc) is 2.39. The molecule has 0 spiro atoms. The Morgan fingerprint density at radius 2 is 1.70 bits per heavy atom. The molecule has 0 atom stereocenters. The SMILES string of the molecule is Nc1ccnc(Nc2ccc([N+](=O)[O-])cc2)c1[N+](=O)[O-]. The van der Waals surface area contributed by atoms with Gasteiger partial charge in [0.05, 0.1) is 9.85 Å². The monoisotopic (exact) mass is 275 g/mol. The lowest BCUT2D eigenvalue weighted by Gasteiger charge is -2.06. The fraction of sp³-hybridized carbons (Fsp3) is 0. The number of aromatic nitrogens is 1. The zero-order valence-electron chi connectivity index (χ0n) is 10.0. The number of anilines is 3. The van der Waals surface area contributed by atoms with Gasteiger partial charge in [-0.2, -0.15) is 0 Å². The molecule has 0 radical (unpaired) electrons. The quantitative estimate of drug-likeness (QED) is 0.644. The van der Waals surface area contributed by atoms with Crippen LogP contribution in [0, 0.1) is 20.2 Å². The first kappa shape index (κ1) is 13.2. The van der Waals surface area contributed by atoms with Crippen molar-refractivity contribution >= 4 is 28.6 Å². The minimum atomic E-state index is -0.643. The summed E-state index contributed by atoms with van der Waals surface area (Å²) in [6.07, 6.45) is 1.33. The van der Waals surface area contributed by atoms with Gasteiger partial charge < -0.3 is 11.1 Å². The Morgan fingerprint density at radius 3 is 2.25 bits per heavy atom. The van der Waals surface area contributed by atoms with E-state index in [4.69, 9.17) is 5.73 Å². The number of nitro groups is 2. The smallest absolute Gasteiger partial charge is 0.334 e. The molecule has 0 unspecified atom stereocenters. The maximum atomic E-state index is 10.9. The van der Waals surface area contributed by atoms with Gasteiger partial charge in [0.25, 0.3) is 5.69 Å². The number of benzene rings is 1. The molecule has 0 bridgehead atoms. The van der Waals surface area contributed by atoms with Gasteiger partial charge in [-0.05, 0) is 18.2 Å². The molecule has 0 saturated carbocycles. The molecule has 2 aromatic rings. The zero-order chi connectivity index (χ0) is 14.7. The summed E-state index contributed by atoms with van der Waals surface area (Å²) in [7, 11) is 0. The van der Waals surface area contributed by atoms with Crippen LogP contribution in [0.3, 0.4) is 0 Å². The fourth-order valence-electron chi connectivity index (χ4n) is 1.56. The molecule has 0 aliphatic rings. The Labute approximate surface area is 112 Å². The number of nitrogens with zero attached hydrogens (tertiary/aromatic N) is 3. The molecule has 2 rings (SSSR count). The highest BCUT2D eigenvalue weighted by atomic mass is 16.6. The van der Waals surface area contributed by atoms with E-state index >= 15 is 0 Å². The maximum absolute atomic E-state index is 10.9. The van der Waals surface area contributed by atoms with Crippen LogP contribution < -0.4 is 11.1 Å². The molecule has 0 aliphatic carbocycles. The van der Waals surface area contributed by atoms with Gasteiger partial charge in [0.2, 0.25) is 5.82 Å². The number of nitro benzene ring substituents is 1. The van der Waals surface area contributed by atoms with Crippen LogP contribution in [0.25, 0.3) is 0 Å². The topological polar surface area (TPSA) is 137 Å². The Kier molecular flexibility index (Phi) is 3.42. The summed E-state index contributed by atoms with van der Waals surface area (Å²) in [4.78, 5) is 24.1. The van der Waals surface area contributed by atoms with E-state index in [0.29, 0.717) is 5.69 Å². The molecule has 9 heteroatoms. The molecule has 9 nitrogen and oxygen atoms in total. The highest BCUT2D eigenvalue weighted by molar-refractivity contribution is 5.74. The van der Waals surface area contributed by atoms with Crippen molar-refractivity contribution in [2.24, 2.45) is 0 Å². The lowest BCUT2D eigenvalue weighted by atomic mass is 10.2. The van der Waals surface area contributed by atoms with Crippen LogP contribution in [0.4, 0.5) is 28.6 Å². The Balaban J connectivity index is 2.33. The summed E-state index contributed by atoms with van der Waals surface area (Å²) in [6.45, 7) is 0. The molecule has 0 aliphatic heterocycles. The van der Waals surface area contributed by atoms with Crippen LogP contribution in [-0.4, -0.2) is 14.8 Å². The predicted octanol–water partition coefficient (Wildman–Crippen LogP) is 2.22. The summed E-state index contributed by atoms with van der Waals surface area (Å²) in [5.41, 5.74) is 5.52. The van der Waals surface area contributed by atoms with Gasteiger partial charge in [-0.3, -0.25) is 20.2 Å². The van der Waals surface area contributed by atoms with Gasteiger partial charge >= 0.3 is 5.69 Å². The lowest BCUT2D eigenvalue weighted by Crippen LogP contribution is -2.03. The molecular weight excluding hydrogens is 266 g/mol. The van der Waals surface area contributed by atoms with Crippen molar-refractivity contribution < 1.29 is 9.85 Å². The van der Waals surface area contributed by atoms with E-state index in [1.165, 1.54) is 36.5 Å². The Bertz CT molecular complexity index is 671. The van der Waals surface area contributed by atoms with Gasteiger partial charge in [0.1, 0.15) is 5.69 Å². The zero-order valence-corrected chi connectivity index (χ0v) is 10.0. The third-order valence-corrected chi connectivity index (χ3v) is 2.48. The number of hydrogen-bond donors (Lipinski definition) is 2. The molecule has 0 saturated heterocycles. The molecule has 3 N–H and O–H groups in total. The van der Waals surface area contributed by atoms with Crippen LogP contribution >= 0.6 is 0 Å². The number of nitrogen functional groups attached to an aromatic ring is 1. The maximum Gasteiger partial charge on any atom is 0.334 e. The summed E-state index contributed by atoms with van der Waals surface area (Å²) >= 11 is 0. The normalized spacial score (nSPS) is 10.0. The van der Waals surface area contributed by atoms with Crippen LogP contribution in [0.15, 0.2) is 36.5 Å². The second-order valence-electron chi connectivity index (χ2n) is 3.78. The van der Waals surface area contributed by atoms with Crippen molar-refractivity contribution in [3.8, 4) is 0 Å². The van der Waals surface area contributed by atoms with Crippen molar-refractivity contribution in [1.29, 1.82) is 0 Å². The largest absolute Gasteiger partial charge is 0.393 e. The van der Waals surface area contributed by atoms with Gasteiger partial charge in [0, 0.05) is 24.0 Å². The van der Waals surface area contributed by atoms with Crippen molar-refractivity contribution in [1.82, 2.24) is 4.98 Å². The summed E-state index contributed by atoms with van der Waals surface area (Å²) < 4.78 is 0.